The lowest BCUT2D eigenvalue weighted by atomic mass is 10.0. The number of ether oxygens (including phenoxy) is 1. The molecule has 0 aromatic heterocycles. The monoisotopic (exact) mass is 324 g/mol. The van der Waals surface area contributed by atoms with E-state index in [-0.39, 0.29) is 16.8 Å². The van der Waals surface area contributed by atoms with Gasteiger partial charge in [-0.15, -0.1) is 0 Å². The van der Waals surface area contributed by atoms with Crippen molar-refractivity contribution in [1.29, 1.82) is 0 Å². The Labute approximate surface area is 116 Å². The van der Waals surface area contributed by atoms with Gasteiger partial charge in [-0.05, 0) is 33.6 Å². The summed E-state index contributed by atoms with van der Waals surface area (Å²) >= 11 is 3.21. The molecular weight excluding hydrogens is 316 g/mol. The van der Waals surface area contributed by atoms with Gasteiger partial charge in [0.05, 0.1) is 23.9 Å². The molecule has 98 valence electrons. The van der Waals surface area contributed by atoms with Gasteiger partial charge in [-0.2, -0.15) is 0 Å². The fourth-order valence-corrected chi connectivity index (χ4v) is 2.36. The van der Waals surface area contributed by atoms with Crippen LogP contribution >= 0.6 is 15.9 Å². The van der Waals surface area contributed by atoms with Gasteiger partial charge in [0.2, 0.25) is 0 Å². The van der Waals surface area contributed by atoms with Gasteiger partial charge in [0, 0.05) is 10.5 Å². The van der Waals surface area contributed by atoms with E-state index in [1.807, 2.05) is 0 Å². The number of anilines is 1. The number of carbonyl (C=O) groups excluding carboxylic acids is 3. The molecule has 0 atom stereocenters. The number of rotatable bonds is 2. The molecule has 1 heterocycles. The van der Waals surface area contributed by atoms with Crippen LogP contribution in [0.15, 0.2) is 16.6 Å². The summed E-state index contributed by atoms with van der Waals surface area (Å²) in [5.74, 6) is -1.59. The van der Waals surface area contributed by atoms with Gasteiger partial charge in [-0.3, -0.25) is 14.9 Å². The molecule has 0 saturated heterocycles. The molecule has 2 rings (SSSR count). The van der Waals surface area contributed by atoms with Crippen LogP contribution in [-0.4, -0.2) is 24.9 Å². The Morgan fingerprint density at radius 1 is 1.37 bits per heavy atom. The number of hydrogen-bond acceptors (Lipinski definition) is 5. The second kappa shape index (κ2) is 4.85. The highest BCUT2D eigenvalue weighted by molar-refractivity contribution is 9.10. The number of imide groups is 1. The summed E-state index contributed by atoms with van der Waals surface area (Å²) in [5.41, 5.74) is 6.75. The van der Waals surface area contributed by atoms with E-state index in [9.17, 15) is 14.4 Å². The van der Waals surface area contributed by atoms with Crippen molar-refractivity contribution in [3.05, 3.63) is 33.3 Å². The molecule has 7 heteroatoms. The molecule has 1 aliphatic rings. The number of halogens is 1. The van der Waals surface area contributed by atoms with Crippen LogP contribution in [0.4, 0.5) is 5.69 Å². The minimum absolute atomic E-state index is 0.115. The molecule has 0 saturated carbocycles. The Hall–Kier alpha value is -2.15. The Balaban J connectivity index is 2.56. The van der Waals surface area contributed by atoms with Gasteiger partial charge in [-0.1, -0.05) is 0 Å². The number of nitrogen functional groups attached to an aromatic ring is 1. The third-order valence-electron chi connectivity index (χ3n) is 2.63. The molecule has 3 N–H and O–H groups in total. The normalized spacial score (nSPS) is 13.6. The molecule has 1 aromatic rings. The van der Waals surface area contributed by atoms with Gasteiger partial charge >= 0.3 is 5.97 Å². The standard InChI is InChI=1S/C12H9BrN2O4/c1-19-7(16)3-2-5-4-6(13)8-9(10(5)14)12(18)15-11(8)17/h2-4H,14H2,1H3,(H,15,17,18)/b3-2+. The zero-order valence-corrected chi connectivity index (χ0v) is 11.4. The number of benzene rings is 1. The Kier molecular flexibility index (Phi) is 3.39. The highest BCUT2D eigenvalue weighted by Gasteiger charge is 2.32. The molecule has 0 fully saturated rings. The van der Waals surface area contributed by atoms with Crippen LogP contribution in [0.3, 0.4) is 0 Å². The summed E-state index contributed by atoms with van der Waals surface area (Å²) < 4.78 is 4.90. The SMILES string of the molecule is COC(=O)/C=C/c1cc(Br)c2c(c1N)C(=O)NC2=O. The van der Waals surface area contributed by atoms with Crippen LogP contribution in [0.5, 0.6) is 0 Å². The van der Waals surface area contributed by atoms with Gasteiger partial charge in [0.15, 0.2) is 0 Å². The number of nitrogens with two attached hydrogens (primary N) is 1. The van der Waals surface area contributed by atoms with Crippen molar-refractivity contribution >= 4 is 45.5 Å². The third kappa shape index (κ3) is 2.24. The highest BCUT2D eigenvalue weighted by Crippen LogP contribution is 2.33. The predicted octanol–water partition coefficient (Wildman–Crippen LogP) is 1.10. The lowest BCUT2D eigenvalue weighted by Crippen LogP contribution is -2.20. The number of carbonyl (C=O) groups is 3. The summed E-state index contributed by atoms with van der Waals surface area (Å²) in [6.45, 7) is 0. The van der Waals surface area contributed by atoms with E-state index in [0.29, 0.717) is 10.0 Å². The van der Waals surface area contributed by atoms with Gasteiger partial charge in [-0.25, -0.2) is 4.79 Å². The zero-order valence-electron chi connectivity index (χ0n) is 9.82. The molecular formula is C12H9BrN2O4. The number of fused-ring (bicyclic) bond motifs is 1. The predicted molar refractivity (Wildman–Crippen MR) is 71.4 cm³/mol. The molecule has 6 nitrogen and oxygen atoms in total. The lowest BCUT2D eigenvalue weighted by molar-refractivity contribution is -0.134. The largest absolute Gasteiger partial charge is 0.466 e. The minimum atomic E-state index is -0.550. The number of nitrogens with one attached hydrogen (secondary N) is 1. The van der Waals surface area contributed by atoms with Crippen molar-refractivity contribution in [3.8, 4) is 0 Å². The van der Waals surface area contributed by atoms with E-state index in [4.69, 9.17) is 5.73 Å². The zero-order chi connectivity index (χ0) is 14.2. The third-order valence-corrected chi connectivity index (χ3v) is 3.26. The van der Waals surface area contributed by atoms with E-state index < -0.39 is 17.8 Å². The first-order valence-electron chi connectivity index (χ1n) is 5.19. The highest BCUT2D eigenvalue weighted by atomic mass is 79.9. The van der Waals surface area contributed by atoms with Crippen LogP contribution in [0.1, 0.15) is 26.3 Å². The summed E-state index contributed by atoms with van der Waals surface area (Å²) in [4.78, 5) is 34.2. The van der Waals surface area contributed by atoms with Gasteiger partial charge in [0.25, 0.3) is 11.8 Å². The second-order valence-electron chi connectivity index (χ2n) is 3.75. The molecule has 1 aromatic carbocycles. The van der Waals surface area contributed by atoms with Crippen molar-refractivity contribution in [2.45, 2.75) is 0 Å². The molecule has 1 aliphatic heterocycles. The number of hydrogen-bond donors (Lipinski definition) is 2. The van der Waals surface area contributed by atoms with Crippen LogP contribution in [0.2, 0.25) is 0 Å². The summed E-state index contributed by atoms with van der Waals surface area (Å²) in [5, 5.41) is 2.16. The molecule has 0 radical (unpaired) electrons. The molecule has 19 heavy (non-hydrogen) atoms. The van der Waals surface area contributed by atoms with Crippen molar-refractivity contribution in [2.75, 3.05) is 12.8 Å². The maximum absolute atomic E-state index is 11.6. The average Bonchev–Trinajstić information content (AvgIpc) is 2.67. The smallest absolute Gasteiger partial charge is 0.330 e. The van der Waals surface area contributed by atoms with Crippen LogP contribution in [-0.2, 0) is 9.53 Å². The molecule has 0 bridgehead atoms. The molecule has 0 spiro atoms. The number of esters is 1. The Morgan fingerprint density at radius 3 is 2.63 bits per heavy atom. The van der Waals surface area contributed by atoms with E-state index in [0.717, 1.165) is 0 Å². The first kappa shape index (κ1) is 13.3. The Morgan fingerprint density at radius 2 is 2.00 bits per heavy atom. The second-order valence-corrected chi connectivity index (χ2v) is 4.61. The van der Waals surface area contributed by atoms with Crippen molar-refractivity contribution in [3.63, 3.8) is 0 Å². The van der Waals surface area contributed by atoms with Crippen LogP contribution in [0, 0.1) is 0 Å². The fraction of sp³-hybridized carbons (Fsp3) is 0.0833. The fourth-order valence-electron chi connectivity index (χ4n) is 1.73. The summed E-state index contributed by atoms with van der Waals surface area (Å²) in [6.07, 6.45) is 2.60. The van der Waals surface area contributed by atoms with Gasteiger partial charge < -0.3 is 10.5 Å². The van der Waals surface area contributed by atoms with E-state index >= 15 is 0 Å². The molecule has 0 unspecified atom stereocenters. The lowest BCUT2D eigenvalue weighted by Gasteiger charge is -2.07. The van der Waals surface area contributed by atoms with Crippen LogP contribution in [0.25, 0.3) is 6.08 Å². The van der Waals surface area contributed by atoms with Gasteiger partial charge in [0.1, 0.15) is 0 Å². The number of amides is 2. The first-order valence-corrected chi connectivity index (χ1v) is 5.98. The van der Waals surface area contributed by atoms with Crippen molar-refractivity contribution in [1.82, 2.24) is 5.32 Å². The minimum Gasteiger partial charge on any atom is -0.466 e. The molecule has 0 aliphatic carbocycles. The Bertz CT molecular complexity index is 637. The van der Waals surface area contributed by atoms with E-state index in [1.165, 1.54) is 19.3 Å². The van der Waals surface area contributed by atoms with Crippen LogP contribution < -0.4 is 11.1 Å². The summed E-state index contributed by atoms with van der Waals surface area (Å²) in [6, 6.07) is 1.56. The van der Waals surface area contributed by atoms with E-state index in [1.54, 1.807) is 6.07 Å². The summed E-state index contributed by atoms with van der Waals surface area (Å²) in [7, 11) is 1.25. The quantitative estimate of drug-likeness (QED) is 0.367. The van der Waals surface area contributed by atoms with Crippen molar-refractivity contribution < 1.29 is 19.1 Å². The molecule has 2 amide bonds. The maximum Gasteiger partial charge on any atom is 0.330 e. The number of methoxy groups -OCH3 is 1. The topological polar surface area (TPSA) is 98.5 Å². The van der Waals surface area contributed by atoms with Crippen molar-refractivity contribution in [2.24, 2.45) is 0 Å². The maximum atomic E-state index is 11.6. The van der Waals surface area contributed by atoms with E-state index in [2.05, 4.69) is 26.0 Å². The first-order chi connectivity index (χ1) is 8.95. The average molecular weight is 325 g/mol.